The minimum absolute atomic E-state index is 0. The highest BCUT2D eigenvalue weighted by molar-refractivity contribution is 14.0. The molecule has 3 rings (SSSR count). The van der Waals surface area contributed by atoms with E-state index < -0.39 is 0 Å². The molecule has 1 aromatic heterocycles. The fraction of sp³-hybridized carbons (Fsp3) is 0.550. The zero-order chi connectivity index (χ0) is 18.5. The van der Waals surface area contributed by atoms with Gasteiger partial charge in [0.05, 0.1) is 19.3 Å². The molecule has 3 atom stereocenters. The van der Waals surface area contributed by atoms with Gasteiger partial charge < -0.3 is 19.8 Å². The fourth-order valence-corrected chi connectivity index (χ4v) is 3.44. The van der Waals surface area contributed by atoms with E-state index in [1.54, 1.807) is 7.05 Å². The first-order valence-electron chi connectivity index (χ1n) is 9.37. The molecule has 27 heavy (non-hydrogen) atoms. The van der Waals surface area contributed by atoms with Crippen molar-refractivity contribution in [2.24, 2.45) is 4.99 Å². The van der Waals surface area contributed by atoms with E-state index in [-0.39, 0.29) is 30.0 Å². The molecule has 1 saturated heterocycles. The summed E-state index contributed by atoms with van der Waals surface area (Å²) in [7, 11) is 1.79. The minimum atomic E-state index is 0. The first-order chi connectivity index (χ1) is 12.6. The molecule has 1 fully saturated rings. The third-order valence-corrected chi connectivity index (χ3v) is 5.00. The molecule has 3 unspecified atom stereocenters. The Bertz CT molecular complexity index is 715. The summed E-state index contributed by atoms with van der Waals surface area (Å²) in [5, 5.41) is 7.97. The maximum absolute atomic E-state index is 5.94. The molecule has 2 N–H and O–H groups in total. The summed E-state index contributed by atoms with van der Waals surface area (Å²) in [6.07, 6.45) is 0. The van der Waals surface area contributed by atoms with Crippen molar-refractivity contribution >= 4 is 40.9 Å². The van der Waals surface area contributed by atoms with Crippen LogP contribution in [0.2, 0.25) is 0 Å². The molecule has 1 aliphatic rings. The number of halogens is 1. The van der Waals surface area contributed by atoms with E-state index in [2.05, 4.69) is 53.4 Å². The number of morpholine rings is 1. The molecule has 0 saturated carbocycles. The molecule has 0 aliphatic carbocycles. The molecule has 0 radical (unpaired) electrons. The molecule has 1 aromatic carbocycles. The lowest BCUT2D eigenvalue weighted by Gasteiger charge is -2.38. The Morgan fingerprint density at radius 2 is 2.11 bits per heavy atom. The van der Waals surface area contributed by atoms with Crippen LogP contribution in [0.4, 0.5) is 0 Å². The van der Waals surface area contributed by atoms with Gasteiger partial charge in [-0.05, 0) is 32.9 Å². The number of fused-ring (bicyclic) bond motifs is 1. The highest BCUT2D eigenvalue weighted by Gasteiger charge is 2.23. The Labute approximate surface area is 178 Å². The predicted octanol–water partition coefficient (Wildman–Crippen LogP) is 3.39. The number of ether oxygens (including phenoxy) is 1. The Balaban J connectivity index is 0.00000261. The van der Waals surface area contributed by atoms with Crippen LogP contribution in [0.1, 0.15) is 32.6 Å². The molecule has 2 heterocycles. The Kier molecular flexibility index (Phi) is 8.37. The lowest BCUT2D eigenvalue weighted by molar-refractivity contribution is -0.0174. The van der Waals surface area contributed by atoms with Crippen molar-refractivity contribution in [3.05, 3.63) is 36.1 Å². The number of furan rings is 1. The molecule has 6 nitrogen and oxygen atoms in total. The number of aliphatic imine (C=N–C) groups is 1. The molecule has 0 spiro atoms. The van der Waals surface area contributed by atoms with Crippen molar-refractivity contribution < 1.29 is 9.15 Å². The number of benzene rings is 1. The number of para-hydroxylation sites is 1. The first-order valence-corrected chi connectivity index (χ1v) is 9.37. The molecule has 0 bridgehead atoms. The van der Waals surface area contributed by atoms with Gasteiger partial charge in [0.15, 0.2) is 5.96 Å². The molecular formula is C20H31IN4O2. The van der Waals surface area contributed by atoms with E-state index in [9.17, 15) is 0 Å². The SMILES string of the molecule is CN=C(NCC(C)N1CCOCC1C)NC(C)c1cc2ccccc2o1.I. The quantitative estimate of drug-likeness (QED) is 0.386. The Morgan fingerprint density at radius 3 is 2.81 bits per heavy atom. The van der Waals surface area contributed by atoms with E-state index in [1.165, 1.54) is 0 Å². The summed E-state index contributed by atoms with van der Waals surface area (Å²) in [6.45, 7) is 9.96. The lowest BCUT2D eigenvalue weighted by atomic mass is 10.2. The summed E-state index contributed by atoms with van der Waals surface area (Å²) < 4.78 is 11.5. The molecular weight excluding hydrogens is 455 g/mol. The molecule has 150 valence electrons. The second kappa shape index (κ2) is 10.3. The van der Waals surface area contributed by atoms with Crippen LogP contribution in [-0.4, -0.2) is 56.3 Å². The second-order valence-electron chi connectivity index (χ2n) is 7.02. The minimum Gasteiger partial charge on any atom is -0.459 e. The molecule has 7 heteroatoms. The lowest BCUT2D eigenvalue weighted by Crippen LogP contribution is -2.53. The van der Waals surface area contributed by atoms with Crippen LogP contribution in [-0.2, 0) is 4.74 Å². The van der Waals surface area contributed by atoms with Crippen LogP contribution in [0.25, 0.3) is 11.0 Å². The zero-order valence-corrected chi connectivity index (χ0v) is 18.9. The Hall–Kier alpha value is -1.32. The van der Waals surface area contributed by atoms with Crippen LogP contribution in [0, 0.1) is 0 Å². The number of hydrogen-bond donors (Lipinski definition) is 2. The average molecular weight is 486 g/mol. The van der Waals surface area contributed by atoms with Crippen LogP contribution in [0.15, 0.2) is 39.7 Å². The maximum atomic E-state index is 5.94. The van der Waals surface area contributed by atoms with E-state index in [1.807, 2.05) is 18.2 Å². The van der Waals surface area contributed by atoms with Gasteiger partial charge in [-0.2, -0.15) is 0 Å². The number of rotatable bonds is 5. The number of hydrogen-bond acceptors (Lipinski definition) is 4. The van der Waals surface area contributed by atoms with Crippen LogP contribution in [0.5, 0.6) is 0 Å². The monoisotopic (exact) mass is 486 g/mol. The van der Waals surface area contributed by atoms with Crippen LogP contribution in [0.3, 0.4) is 0 Å². The van der Waals surface area contributed by atoms with Gasteiger partial charge in [0.25, 0.3) is 0 Å². The van der Waals surface area contributed by atoms with Gasteiger partial charge in [0.2, 0.25) is 0 Å². The van der Waals surface area contributed by atoms with Gasteiger partial charge in [0, 0.05) is 37.6 Å². The van der Waals surface area contributed by atoms with Gasteiger partial charge in [-0.3, -0.25) is 9.89 Å². The number of nitrogens with zero attached hydrogens (tertiary/aromatic N) is 2. The third-order valence-electron chi connectivity index (χ3n) is 5.00. The van der Waals surface area contributed by atoms with Crippen molar-refractivity contribution in [2.45, 2.75) is 38.9 Å². The van der Waals surface area contributed by atoms with Crippen molar-refractivity contribution in [1.29, 1.82) is 0 Å². The summed E-state index contributed by atoms with van der Waals surface area (Å²) in [4.78, 5) is 6.83. The standard InChI is InChI=1S/C20H30N4O2.HI/c1-14(24-9-10-25-13-15(24)2)12-22-20(21-4)23-16(3)19-11-17-7-5-6-8-18(17)26-19;/h5-8,11,14-16H,9-10,12-13H2,1-4H3,(H2,21,22,23);1H. The van der Waals surface area contributed by atoms with Gasteiger partial charge in [0.1, 0.15) is 11.3 Å². The summed E-state index contributed by atoms with van der Waals surface area (Å²) in [6, 6.07) is 11.0. The largest absolute Gasteiger partial charge is 0.459 e. The van der Waals surface area contributed by atoms with Crippen molar-refractivity contribution in [2.75, 3.05) is 33.4 Å². The van der Waals surface area contributed by atoms with Crippen LogP contribution < -0.4 is 10.6 Å². The zero-order valence-electron chi connectivity index (χ0n) is 16.6. The van der Waals surface area contributed by atoms with Gasteiger partial charge in [-0.25, -0.2) is 0 Å². The third kappa shape index (κ3) is 5.58. The van der Waals surface area contributed by atoms with Crippen molar-refractivity contribution in [1.82, 2.24) is 15.5 Å². The Morgan fingerprint density at radius 1 is 1.33 bits per heavy atom. The van der Waals surface area contributed by atoms with E-state index in [0.717, 1.165) is 49.0 Å². The maximum Gasteiger partial charge on any atom is 0.191 e. The number of nitrogens with one attached hydrogen (secondary N) is 2. The number of guanidine groups is 1. The van der Waals surface area contributed by atoms with Gasteiger partial charge in [-0.1, -0.05) is 18.2 Å². The highest BCUT2D eigenvalue weighted by atomic mass is 127. The highest BCUT2D eigenvalue weighted by Crippen LogP contribution is 2.23. The first kappa shape index (κ1) is 22.0. The summed E-state index contributed by atoms with van der Waals surface area (Å²) in [5.41, 5.74) is 0.911. The van der Waals surface area contributed by atoms with Crippen molar-refractivity contribution in [3.8, 4) is 0 Å². The molecule has 2 aromatic rings. The summed E-state index contributed by atoms with van der Waals surface area (Å²) in [5.74, 6) is 1.69. The normalized spacial score (nSPS) is 20.7. The van der Waals surface area contributed by atoms with E-state index >= 15 is 0 Å². The van der Waals surface area contributed by atoms with Crippen molar-refractivity contribution in [3.63, 3.8) is 0 Å². The average Bonchev–Trinajstić information content (AvgIpc) is 3.09. The molecule has 0 amide bonds. The smallest absolute Gasteiger partial charge is 0.191 e. The van der Waals surface area contributed by atoms with Gasteiger partial charge in [-0.15, -0.1) is 24.0 Å². The molecule has 1 aliphatic heterocycles. The fourth-order valence-electron chi connectivity index (χ4n) is 3.44. The van der Waals surface area contributed by atoms with Gasteiger partial charge >= 0.3 is 0 Å². The second-order valence-corrected chi connectivity index (χ2v) is 7.02. The van der Waals surface area contributed by atoms with E-state index in [4.69, 9.17) is 9.15 Å². The topological polar surface area (TPSA) is 62.0 Å². The van der Waals surface area contributed by atoms with Crippen LogP contribution >= 0.6 is 24.0 Å². The predicted molar refractivity (Wildman–Crippen MR) is 121 cm³/mol. The van der Waals surface area contributed by atoms with E-state index in [0.29, 0.717) is 12.1 Å². The summed E-state index contributed by atoms with van der Waals surface area (Å²) >= 11 is 0.